The monoisotopic (exact) mass is 256 g/mol. The highest BCUT2D eigenvalue weighted by atomic mass is 32.2. The van der Waals surface area contributed by atoms with Crippen molar-refractivity contribution < 1.29 is 15.0 Å². The average Bonchev–Trinajstić information content (AvgIpc) is 2.28. The molecule has 4 N–H and O–H groups in total. The van der Waals surface area contributed by atoms with Gasteiger partial charge in [-0.05, 0) is 12.5 Å². The minimum absolute atomic E-state index is 0.00452. The van der Waals surface area contributed by atoms with Gasteiger partial charge in [0.05, 0.1) is 18.0 Å². The first-order valence-corrected chi connectivity index (χ1v) is 6.19. The first-order chi connectivity index (χ1) is 8.02. The summed E-state index contributed by atoms with van der Waals surface area (Å²) in [5.74, 6) is 0.471. The van der Waals surface area contributed by atoms with Gasteiger partial charge in [-0.25, -0.2) is 0 Å². The van der Waals surface area contributed by atoms with E-state index in [4.69, 9.17) is 5.73 Å². The van der Waals surface area contributed by atoms with Crippen molar-refractivity contribution >= 4 is 22.6 Å². The predicted molar refractivity (Wildman–Crippen MR) is 67.4 cm³/mol. The molecule has 0 aliphatic heterocycles. The van der Waals surface area contributed by atoms with Crippen LogP contribution in [0.2, 0.25) is 0 Å². The number of anilines is 1. The number of carbonyl (C=O) groups excluding carboxylic acids is 1. The second-order valence-corrected chi connectivity index (χ2v) is 4.92. The lowest BCUT2D eigenvalue weighted by atomic mass is 10.0. The van der Waals surface area contributed by atoms with Crippen molar-refractivity contribution in [2.24, 2.45) is 0 Å². The SMILES string of the molecule is CC(=O)SCCC(O)C(O)c1ccncc1N. The molecule has 5 nitrogen and oxygen atoms in total. The molecule has 0 bridgehead atoms. The lowest BCUT2D eigenvalue weighted by Crippen LogP contribution is -2.20. The maximum absolute atomic E-state index is 10.7. The van der Waals surface area contributed by atoms with Gasteiger partial charge in [0.2, 0.25) is 0 Å². The van der Waals surface area contributed by atoms with E-state index in [-0.39, 0.29) is 5.12 Å². The van der Waals surface area contributed by atoms with Crippen LogP contribution in [0.4, 0.5) is 5.69 Å². The number of nitrogens with zero attached hydrogens (tertiary/aromatic N) is 1. The van der Waals surface area contributed by atoms with E-state index in [1.165, 1.54) is 19.3 Å². The summed E-state index contributed by atoms with van der Waals surface area (Å²) in [4.78, 5) is 14.5. The Balaban J connectivity index is 2.55. The van der Waals surface area contributed by atoms with Crippen LogP contribution < -0.4 is 5.73 Å². The van der Waals surface area contributed by atoms with Gasteiger partial charge in [0, 0.05) is 24.4 Å². The van der Waals surface area contributed by atoms with E-state index < -0.39 is 12.2 Å². The van der Waals surface area contributed by atoms with Crippen LogP contribution in [0.1, 0.15) is 25.0 Å². The minimum Gasteiger partial charge on any atom is -0.397 e. The van der Waals surface area contributed by atoms with E-state index in [1.54, 1.807) is 6.07 Å². The van der Waals surface area contributed by atoms with Gasteiger partial charge in [-0.1, -0.05) is 11.8 Å². The summed E-state index contributed by atoms with van der Waals surface area (Å²) in [6, 6.07) is 1.57. The van der Waals surface area contributed by atoms with Crippen LogP contribution in [-0.4, -0.2) is 32.2 Å². The van der Waals surface area contributed by atoms with E-state index in [9.17, 15) is 15.0 Å². The standard InChI is InChI=1S/C11H16N2O3S/c1-7(14)17-5-3-10(15)11(16)8-2-4-13-6-9(8)12/h2,4,6,10-11,15-16H,3,5,12H2,1H3. The third-order valence-electron chi connectivity index (χ3n) is 2.29. The Morgan fingerprint density at radius 1 is 1.59 bits per heavy atom. The van der Waals surface area contributed by atoms with Crippen LogP contribution in [0, 0.1) is 0 Å². The molecular weight excluding hydrogens is 240 g/mol. The molecule has 17 heavy (non-hydrogen) atoms. The lowest BCUT2D eigenvalue weighted by Gasteiger charge is -2.18. The molecule has 0 spiro atoms. The van der Waals surface area contributed by atoms with E-state index in [1.807, 2.05) is 0 Å². The molecule has 2 atom stereocenters. The number of rotatable bonds is 5. The Labute approximate surface area is 104 Å². The van der Waals surface area contributed by atoms with Gasteiger partial charge in [-0.2, -0.15) is 0 Å². The molecule has 1 heterocycles. The molecular formula is C11H16N2O3S. The molecule has 94 valence electrons. The average molecular weight is 256 g/mol. The van der Waals surface area contributed by atoms with Crippen molar-refractivity contribution in [2.45, 2.75) is 25.6 Å². The normalized spacial score (nSPS) is 14.3. The Kier molecular flexibility index (Phi) is 5.40. The van der Waals surface area contributed by atoms with E-state index >= 15 is 0 Å². The highest BCUT2D eigenvalue weighted by molar-refractivity contribution is 8.13. The smallest absolute Gasteiger partial charge is 0.185 e. The predicted octanol–water partition coefficient (Wildman–Crippen LogP) is 0.728. The highest BCUT2D eigenvalue weighted by Crippen LogP contribution is 2.24. The van der Waals surface area contributed by atoms with Gasteiger partial charge in [-0.15, -0.1) is 0 Å². The van der Waals surface area contributed by atoms with Crippen LogP contribution >= 0.6 is 11.8 Å². The zero-order valence-corrected chi connectivity index (χ0v) is 10.4. The van der Waals surface area contributed by atoms with Crippen LogP contribution in [-0.2, 0) is 4.79 Å². The third kappa shape index (κ3) is 4.33. The maximum atomic E-state index is 10.7. The molecule has 0 saturated heterocycles. The Morgan fingerprint density at radius 3 is 2.88 bits per heavy atom. The number of nitrogen functional groups attached to an aromatic ring is 1. The first kappa shape index (κ1) is 14.0. The number of hydrogen-bond acceptors (Lipinski definition) is 6. The van der Waals surface area contributed by atoms with Crippen molar-refractivity contribution in [1.29, 1.82) is 0 Å². The second-order valence-electron chi connectivity index (χ2n) is 3.65. The molecule has 0 aromatic carbocycles. The highest BCUT2D eigenvalue weighted by Gasteiger charge is 2.20. The van der Waals surface area contributed by atoms with Crippen LogP contribution in [0.5, 0.6) is 0 Å². The Bertz CT molecular complexity index is 387. The second kappa shape index (κ2) is 6.58. The van der Waals surface area contributed by atoms with Gasteiger partial charge in [0.15, 0.2) is 5.12 Å². The van der Waals surface area contributed by atoms with Crippen molar-refractivity contribution in [3.05, 3.63) is 24.0 Å². The van der Waals surface area contributed by atoms with Gasteiger partial charge in [-0.3, -0.25) is 9.78 Å². The summed E-state index contributed by atoms with van der Waals surface area (Å²) in [7, 11) is 0. The van der Waals surface area contributed by atoms with Crippen molar-refractivity contribution in [3.63, 3.8) is 0 Å². The number of aromatic nitrogens is 1. The number of aliphatic hydroxyl groups is 2. The molecule has 0 radical (unpaired) electrons. The van der Waals surface area contributed by atoms with Crippen molar-refractivity contribution in [1.82, 2.24) is 4.98 Å². The topological polar surface area (TPSA) is 96.4 Å². The summed E-state index contributed by atoms with van der Waals surface area (Å²) in [5.41, 5.74) is 6.45. The van der Waals surface area contributed by atoms with Crippen molar-refractivity contribution in [2.75, 3.05) is 11.5 Å². The number of carbonyl (C=O) groups is 1. The van der Waals surface area contributed by atoms with Crippen LogP contribution in [0.3, 0.4) is 0 Å². The van der Waals surface area contributed by atoms with Gasteiger partial charge < -0.3 is 15.9 Å². The van der Waals surface area contributed by atoms with Crippen molar-refractivity contribution in [3.8, 4) is 0 Å². The fourth-order valence-corrected chi connectivity index (χ4v) is 2.02. The third-order valence-corrected chi connectivity index (χ3v) is 3.14. The number of hydrogen-bond donors (Lipinski definition) is 3. The zero-order chi connectivity index (χ0) is 12.8. The summed E-state index contributed by atoms with van der Waals surface area (Å²) < 4.78 is 0. The summed E-state index contributed by atoms with van der Waals surface area (Å²) >= 11 is 1.12. The van der Waals surface area contributed by atoms with Gasteiger partial charge in [0.25, 0.3) is 0 Å². The molecule has 0 saturated carbocycles. The summed E-state index contributed by atoms with van der Waals surface area (Å²) in [5, 5.41) is 19.6. The molecule has 0 amide bonds. The van der Waals surface area contributed by atoms with E-state index in [0.29, 0.717) is 23.4 Å². The molecule has 1 aromatic rings. The molecule has 0 aliphatic carbocycles. The number of pyridine rings is 1. The number of nitrogens with two attached hydrogens (primary N) is 1. The largest absolute Gasteiger partial charge is 0.397 e. The minimum atomic E-state index is -1.05. The molecule has 2 unspecified atom stereocenters. The fraction of sp³-hybridized carbons (Fsp3) is 0.455. The quantitative estimate of drug-likeness (QED) is 0.718. The summed E-state index contributed by atoms with van der Waals surface area (Å²) in [6.07, 6.45) is 1.27. The van der Waals surface area contributed by atoms with E-state index in [0.717, 1.165) is 11.8 Å². The first-order valence-electron chi connectivity index (χ1n) is 5.21. The molecule has 1 rings (SSSR count). The summed E-state index contributed by atoms with van der Waals surface area (Å²) in [6.45, 7) is 1.47. The maximum Gasteiger partial charge on any atom is 0.185 e. The molecule has 0 aliphatic rings. The van der Waals surface area contributed by atoms with Crippen LogP contribution in [0.15, 0.2) is 18.5 Å². The van der Waals surface area contributed by atoms with Gasteiger partial charge in [0.1, 0.15) is 6.10 Å². The molecule has 1 aromatic heterocycles. The number of aliphatic hydroxyl groups excluding tert-OH is 2. The molecule has 6 heteroatoms. The zero-order valence-electron chi connectivity index (χ0n) is 9.54. The Morgan fingerprint density at radius 2 is 2.29 bits per heavy atom. The van der Waals surface area contributed by atoms with E-state index in [2.05, 4.69) is 4.98 Å². The van der Waals surface area contributed by atoms with Gasteiger partial charge >= 0.3 is 0 Å². The fourth-order valence-electron chi connectivity index (χ4n) is 1.38. The molecule has 0 fully saturated rings. The number of thioether (sulfide) groups is 1. The lowest BCUT2D eigenvalue weighted by molar-refractivity contribution is -0.109. The van der Waals surface area contributed by atoms with Crippen LogP contribution in [0.25, 0.3) is 0 Å². The Hall–Kier alpha value is -1.11.